The number of nitrogens with one attached hydrogen (secondary N) is 1. The maximum atomic E-state index is 11.8. The van der Waals surface area contributed by atoms with Crippen LogP contribution >= 0.6 is 27.5 Å². The van der Waals surface area contributed by atoms with Crippen molar-refractivity contribution in [3.05, 3.63) is 33.3 Å². The molecular formula is C11H11BrClNO2. The van der Waals surface area contributed by atoms with E-state index in [1.165, 1.54) is 0 Å². The van der Waals surface area contributed by atoms with Crippen LogP contribution in [0.5, 0.6) is 0 Å². The first kappa shape index (κ1) is 11.9. The number of aliphatic hydroxyl groups excluding tert-OH is 1. The van der Waals surface area contributed by atoms with Gasteiger partial charge in [0.2, 0.25) is 0 Å². The largest absolute Gasteiger partial charge is 0.394 e. The molecule has 0 aromatic heterocycles. The Morgan fingerprint density at radius 2 is 2.25 bits per heavy atom. The molecule has 3 nitrogen and oxygen atoms in total. The summed E-state index contributed by atoms with van der Waals surface area (Å²) in [6, 6.07) is 5.00. The number of hydrogen-bond donors (Lipinski definition) is 2. The molecule has 0 spiro atoms. The van der Waals surface area contributed by atoms with Gasteiger partial charge in [0.15, 0.2) is 0 Å². The van der Waals surface area contributed by atoms with Crippen molar-refractivity contribution in [2.45, 2.75) is 18.4 Å². The van der Waals surface area contributed by atoms with Gasteiger partial charge in [0.1, 0.15) is 0 Å². The number of aliphatic hydroxyl groups is 1. The molecule has 1 aliphatic rings. The number of amides is 1. The van der Waals surface area contributed by atoms with Gasteiger partial charge in [-0.25, -0.2) is 0 Å². The molecule has 1 aromatic rings. The minimum atomic E-state index is -0.386. The summed E-state index contributed by atoms with van der Waals surface area (Å²) in [5, 5.41) is 12.5. The molecule has 1 amide bonds. The van der Waals surface area contributed by atoms with Crippen molar-refractivity contribution in [2.75, 3.05) is 6.61 Å². The number of carbonyl (C=O) groups is 1. The van der Waals surface area contributed by atoms with E-state index < -0.39 is 0 Å². The number of rotatable bonds is 3. The molecule has 2 rings (SSSR count). The molecule has 0 heterocycles. The van der Waals surface area contributed by atoms with Gasteiger partial charge in [-0.15, -0.1) is 0 Å². The predicted octanol–water partition coefficient (Wildman–Crippen LogP) is 2.36. The number of carbonyl (C=O) groups excluding carboxylic acids is 1. The molecule has 1 aliphatic carbocycles. The quantitative estimate of drug-likeness (QED) is 0.900. The molecule has 0 radical (unpaired) electrons. The molecule has 5 heteroatoms. The minimum absolute atomic E-state index is 0.00645. The summed E-state index contributed by atoms with van der Waals surface area (Å²) in [6.45, 7) is -0.00645. The first-order chi connectivity index (χ1) is 7.56. The second-order valence-electron chi connectivity index (χ2n) is 4.02. The molecule has 0 bridgehead atoms. The van der Waals surface area contributed by atoms with Gasteiger partial charge in [-0.1, -0.05) is 11.6 Å². The van der Waals surface area contributed by atoms with Gasteiger partial charge in [0.05, 0.1) is 17.2 Å². The smallest absolute Gasteiger partial charge is 0.251 e. The fraction of sp³-hybridized carbons (Fsp3) is 0.364. The van der Waals surface area contributed by atoms with E-state index in [0.29, 0.717) is 15.1 Å². The molecule has 0 saturated heterocycles. The average molecular weight is 305 g/mol. The van der Waals surface area contributed by atoms with Crippen LogP contribution < -0.4 is 5.32 Å². The van der Waals surface area contributed by atoms with Crippen LogP contribution in [0.1, 0.15) is 23.2 Å². The highest BCUT2D eigenvalue weighted by molar-refractivity contribution is 9.10. The van der Waals surface area contributed by atoms with Crippen molar-refractivity contribution in [3.8, 4) is 0 Å². The molecule has 0 atom stereocenters. The van der Waals surface area contributed by atoms with E-state index in [2.05, 4.69) is 21.2 Å². The van der Waals surface area contributed by atoms with E-state index in [1.807, 2.05) is 0 Å². The predicted molar refractivity (Wildman–Crippen MR) is 65.7 cm³/mol. The topological polar surface area (TPSA) is 49.3 Å². The monoisotopic (exact) mass is 303 g/mol. The fourth-order valence-corrected chi connectivity index (χ4v) is 1.92. The Labute approximate surface area is 107 Å². The van der Waals surface area contributed by atoms with Crippen LogP contribution in [0.25, 0.3) is 0 Å². The Morgan fingerprint density at radius 3 is 2.75 bits per heavy atom. The first-order valence-corrected chi connectivity index (χ1v) is 6.12. The van der Waals surface area contributed by atoms with Gasteiger partial charge in [0, 0.05) is 10.0 Å². The van der Waals surface area contributed by atoms with E-state index in [9.17, 15) is 4.79 Å². The van der Waals surface area contributed by atoms with Crippen LogP contribution in [0.4, 0.5) is 0 Å². The third-order valence-corrected chi connectivity index (χ3v) is 3.93. The lowest BCUT2D eigenvalue weighted by atomic mass is 10.2. The van der Waals surface area contributed by atoms with E-state index >= 15 is 0 Å². The highest BCUT2D eigenvalue weighted by Gasteiger charge is 2.43. The van der Waals surface area contributed by atoms with Gasteiger partial charge in [0.25, 0.3) is 5.91 Å². The highest BCUT2D eigenvalue weighted by Crippen LogP contribution is 2.35. The normalized spacial score (nSPS) is 16.9. The fourth-order valence-electron chi connectivity index (χ4n) is 1.42. The lowest BCUT2D eigenvalue weighted by molar-refractivity contribution is 0.0907. The molecule has 1 saturated carbocycles. The zero-order valence-corrected chi connectivity index (χ0v) is 10.8. The van der Waals surface area contributed by atoms with Crippen LogP contribution in [-0.2, 0) is 0 Å². The van der Waals surface area contributed by atoms with Crippen LogP contribution in [0.2, 0.25) is 5.02 Å². The second kappa shape index (κ2) is 4.35. The molecule has 0 unspecified atom stereocenters. The van der Waals surface area contributed by atoms with Gasteiger partial charge in [-0.2, -0.15) is 0 Å². The highest BCUT2D eigenvalue weighted by atomic mass is 79.9. The Hall–Kier alpha value is -0.580. The summed E-state index contributed by atoms with van der Waals surface area (Å²) in [6.07, 6.45) is 1.67. The van der Waals surface area contributed by atoms with Crippen molar-refractivity contribution >= 4 is 33.4 Å². The molecule has 2 N–H and O–H groups in total. The Bertz CT molecular complexity index is 432. The third kappa shape index (κ3) is 2.39. The van der Waals surface area contributed by atoms with Gasteiger partial charge >= 0.3 is 0 Å². The summed E-state index contributed by atoms with van der Waals surface area (Å²) in [5.74, 6) is -0.177. The summed E-state index contributed by atoms with van der Waals surface area (Å²) >= 11 is 9.10. The number of benzene rings is 1. The van der Waals surface area contributed by atoms with Crippen molar-refractivity contribution < 1.29 is 9.90 Å². The SMILES string of the molecule is O=C(NC1(CO)CC1)c1ccc(Cl)c(Br)c1. The number of hydrogen-bond acceptors (Lipinski definition) is 2. The molecule has 0 aliphatic heterocycles. The summed E-state index contributed by atoms with van der Waals surface area (Å²) in [5.41, 5.74) is 0.152. The molecule has 86 valence electrons. The van der Waals surface area contributed by atoms with Crippen LogP contribution in [0.3, 0.4) is 0 Å². The summed E-state index contributed by atoms with van der Waals surface area (Å²) in [4.78, 5) is 11.8. The zero-order chi connectivity index (χ0) is 11.8. The Balaban J connectivity index is 2.12. The second-order valence-corrected chi connectivity index (χ2v) is 5.28. The summed E-state index contributed by atoms with van der Waals surface area (Å²) < 4.78 is 0.690. The van der Waals surface area contributed by atoms with E-state index in [1.54, 1.807) is 18.2 Å². The van der Waals surface area contributed by atoms with Crippen LogP contribution in [0.15, 0.2) is 22.7 Å². The van der Waals surface area contributed by atoms with Gasteiger partial charge in [-0.05, 0) is 47.0 Å². The van der Waals surface area contributed by atoms with E-state index in [4.69, 9.17) is 16.7 Å². The zero-order valence-electron chi connectivity index (χ0n) is 8.46. The van der Waals surface area contributed by atoms with E-state index in [-0.39, 0.29) is 18.1 Å². The van der Waals surface area contributed by atoms with Crippen molar-refractivity contribution in [3.63, 3.8) is 0 Å². The summed E-state index contributed by atoms with van der Waals surface area (Å²) in [7, 11) is 0. The van der Waals surface area contributed by atoms with Crippen LogP contribution in [0, 0.1) is 0 Å². The first-order valence-electron chi connectivity index (χ1n) is 4.95. The Morgan fingerprint density at radius 1 is 1.56 bits per heavy atom. The van der Waals surface area contributed by atoms with Crippen LogP contribution in [-0.4, -0.2) is 23.2 Å². The van der Waals surface area contributed by atoms with Crippen molar-refractivity contribution in [1.29, 1.82) is 0 Å². The van der Waals surface area contributed by atoms with Crippen molar-refractivity contribution in [1.82, 2.24) is 5.32 Å². The minimum Gasteiger partial charge on any atom is -0.394 e. The number of halogens is 2. The third-order valence-electron chi connectivity index (χ3n) is 2.72. The molecule has 16 heavy (non-hydrogen) atoms. The maximum Gasteiger partial charge on any atom is 0.251 e. The molecular weight excluding hydrogens is 293 g/mol. The average Bonchev–Trinajstić information content (AvgIpc) is 3.02. The maximum absolute atomic E-state index is 11.8. The molecule has 1 fully saturated rings. The lowest BCUT2D eigenvalue weighted by Crippen LogP contribution is -2.39. The molecule has 1 aromatic carbocycles. The van der Waals surface area contributed by atoms with Gasteiger partial charge < -0.3 is 10.4 Å². The standard InChI is InChI=1S/C11H11BrClNO2/c12-8-5-7(1-2-9(8)13)10(16)14-11(6-15)3-4-11/h1-2,5,15H,3-4,6H2,(H,14,16). The lowest BCUT2D eigenvalue weighted by Gasteiger charge is -2.14. The van der Waals surface area contributed by atoms with Crippen molar-refractivity contribution in [2.24, 2.45) is 0 Å². The van der Waals surface area contributed by atoms with E-state index in [0.717, 1.165) is 12.8 Å². The Kier molecular flexibility index (Phi) is 3.24. The van der Waals surface area contributed by atoms with Gasteiger partial charge in [-0.3, -0.25) is 4.79 Å².